The summed E-state index contributed by atoms with van der Waals surface area (Å²) in [6, 6.07) is 13.1. The molecular formula is C22H25F2N3O. The second-order valence-electron chi connectivity index (χ2n) is 7.60. The van der Waals surface area contributed by atoms with Crippen LogP contribution in [-0.2, 0) is 4.79 Å². The predicted octanol–water partition coefficient (Wildman–Crippen LogP) is 3.01. The molecule has 28 heavy (non-hydrogen) atoms. The van der Waals surface area contributed by atoms with Crippen molar-refractivity contribution in [3.8, 4) is 0 Å². The molecular weight excluding hydrogens is 360 g/mol. The molecule has 0 bridgehead atoms. The number of nitrogens with zero attached hydrogens (tertiary/aromatic N) is 2. The molecule has 0 spiro atoms. The fourth-order valence-electron chi connectivity index (χ4n) is 3.91. The number of halogens is 2. The summed E-state index contributed by atoms with van der Waals surface area (Å²) >= 11 is 0. The van der Waals surface area contributed by atoms with Crippen molar-refractivity contribution in [2.75, 3.05) is 44.2 Å². The van der Waals surface area contributed by atoms with Crippen molar-refractivity contribution in [3.63, 3.8) is 0 Å². The molecule has 1 aliphatic carbocycles. The molecule has 148 valence electrons. The molecule has 1 saturated heterocycles. The van der Waals surface area contributed by atoms with Gasteiger partial charge in [0.15, 0.2) is 0 Å². The quantitative estimate of drug-likeness (QED) is 0.830. The Morgan fingerprint density at radius 2 is 1.54 bits per heavy atom. The molecule has 0 radical (unpaired) electrons. The lowest BCUT2D eigenvalue weighted by Gasteiger charge is -2.36. The number of amides is 1. The molecule has 6 heteroatoms. The molecule has 2 aliphatic rings. The zero-order chi connectivity index (χ0) is 19.5. The minimum Gasteiger partial charge on any atom is -0.369 e. The first-order valence-corrected chi connectivity index (χ1v) is 9.86. The minimum absolute atomic E-state index is 0.0146. The smallest absolute Gasteiger partial charge is 0.223 e. The topological polar surface area (TPSA) is 35.6 Å². The Balaban J connectivity index is 1.16. The number of rotatable bonds is 6. The van der Waals surface area contributed by atoms with Gasteiger partial charge in [-0.1, -0.05) is 12.1 Å². The molecule has 2 fully saturated rings. The van der Waals surface area contributed by atoms with Crippen molar-refractivity contribution in [1.82, 2.24) is 10.2 Å². The van der Waals surface area contributed by atoms with Crippen LogP contribution in [0.5, 0.6) is 0 Å². The van der Waals surface area contributed by atoms with Gasteiger partial charge in [-0.2, -0.15) is 0 Å². The number of piperazine rings is 1. The highest BCUT2D eigenvalue weighted by Crippen LogP contribution is 2.47. The molecule has 2 unspecified atom stereocenters. The van der Waals surface area contributed by atoms with E-state index in [-0.39, 0.29) is 29.4 Å². The largest absolute Gasteiger partial charge is 0.369 e. The number of benzene rings is 2. The van der Waals surface area contributed by atoms with Crippen LogP contribution in [0.3, 0.4) is 0 Å². The van der Waals surface area contributed by atoms with E-state index in [0.29, 0.717) is 6.54 Å². The molecule has 1 aliphatic heterocycles. The Morgan fingerprint density at radius 1 is 0.929 bits per heavy atom. The third-order valence-corrected chi connectivity index (χ3v) is 5.72. The van der Waals surface area contributed by atoms with Gasteiger partial charge in [-0.15, -0.1) is 0 Å². The van der Waals surface area contributed by atoms with Crippen LogP contribution in [0.4, 0.5) is 14.5 Å². The number of carbonyl (C=O) groups excluding carboxylic acids is 1. The highest BCUT2D eigenvalue weighted by Gasteiger charge is 2.43. The normalized spacial score (nSPS) is 22.1. The zero-order valence-electron chi connectivity index (χ0n) is 15.8. The van der Waals surface area contributed by atoms with E-state index >= 15 is 0 Å². The van der Waals surface area contributed by atoms with Crippen LogP contribution in [0.1, 0.15) is 17.9 Å². The van der Waals surface area contributed by atoms with Gasteiger partial charge in [-0.05, 0) is 54.3 Å². The van der Waals surface area contributed by atoms with Gasteiger partial charge in [0.1, 0.15) is 11.6 Å². The minimum atomic E-state index is -0.245. The third kappa shape index (κ3) is 4.50. The summed E-state index contributed by atoms with van der Waals surface area (Å²) in [5, 5.41) is 3.04. The summed E-state index contributed by atoms with van der Waals surface area (Å²) in [7, 11) is 0. The first-order chi connectivity index (χ1) is 13.6. The number of nitrogens with one attached hydrogen (secondary N) is 1. The molecule has 1 heterocycles. The van der Waals surface area contributed by atoms with Crippen molar-refractivity contribution >= 4 is 11.6 Å². The van der Waals surface area contributed by atoms with E-state index in [2.05, 4.69) is 15.1 Å². The standard InChI is InChI=1S/C22H25F2N3O/c23-17-3-1-16(2-4-17)20-15-21(20)22(28)25-9-10-26-11-13-27(14-12-26)19-7-5-18(24)6-8-19/h1-8,20-21H,9-15H2,(H,25,28). The summed E-state index contributed by atoms with van der Waals surface area (Å²) < 4.78 is 26.0. The van der Waals surface area contributed by atoms with Gasteiger partial charge in [0.25, 0.3) is 0 Å². The summed E-state index contributed by atoms with van der Waals surface area (Å²) in [5.74, 6) is -0.125. The Morgan fingerprint density at radius 3 is 2.18 bits per heavy atom. The number of carbonyl (C=O) groups is 1. The monoisotopic (exact) mass is 385 g/mol. The molecule has 2 atom stereocenters. The van der Waals surface area contributed by atoms with E-state index < -0.39 is 0 Å². The molecule has 1 amide bonds. The van der Waals surface area contributed by atoms with E-state index in [1.165, 1.54) is 24.3 Å². The predicted molar refractivity (Wildman–Crippen MR) is 105 cm³/mol. The zero-order valence-corrected chi connectivity index (χ0v) is 15.8. The summed E-state index contributed by atoms with van der Waals surface area (Å²) in [5.41, 5.74) is 2.09. The molecule has 4 rings (SSSR count). The Kier molecular flexibility index (Phi) is 5.57. The number of anilines is 1. The Labute approximate surface area is 164 Å². The van der Waals surface area contributed by atoms with Crippen LogP contribution in [0.2, 0.25) is 0 Å². The molecule has 1 N–H and O–H groups in total. The van der Waals surface area contributed by atoms with Gasteiger partial charge in [0.05, 0.1) is 0 Å². The van der Waals surface area contributed by atoms with Gasteiger partial charge in [-0.25, -0.2) is 8.78 Å². The third-order valence-electron chi connectivity index (χ3n) is 5.72. The van der Waals surface area contributed by atoms with E-state index in [0.717, 1.165) is 50.4 Å². The van der Waals surface area contributed by atoms with Gasteiger partial charge in [0, 0.05) is 50.9 Å². The van der Waals surface area contributed by atoms with E-state index in [4.69, 9.17) is 0 Å². The van der Waals surface area contributed by atoms with Crippen LogP contribution < -0.4 is 10.2 Å². The van der Waals surface area contributed by atoms with Gasteiger partial charge in [-0.3, -0.25) is 9.69 Å². The van der Waals surface area contributed by atoms with Gasteiger partial charge >= 0.3 is 0 Å². The second-order valence-corrected chi connectivity index (χ2v) is 7.60. The maximum absolute atomic E-state index is 13.0. The first kappa shape index (κ1) is 18.9. The Hall–Kier alpha value is -2.47. The van der Waals surface area contributed by atoms with Crippen LogP contribution in [0.15, 0.2) is 48.5 Å². The molecule has 2 aromatic rings. The summed E-state index contributed by atoms with van der Waals surface area (Å²) in [6.45, 7) is 5.12. The fraction of sp³-hybridized carbons (Fsp3) is 0.409. The van der Waals surface area contributed by atoms with Gasteiger partial charge < -0.3 is 10.2 Å². The first-order valence-electron chi connectivity index (χ1n) is 9.86. The van der Waals surface area contributed by atoms with E-state index in [1.54, 1.807) is 12.1 Å². The second kappa shape index (κ2) is 8.27. The van der Waals surface area contributed by atoms with Crippen molar-refractivity contribution < 1.29 is 13.6 Å². The number of hydrogen-bond acceptors (Lipinski definition) is 3. The number of hydrogen-bond donors (Lipinski definition) is 1. The molecule has 0 aromatic heterocycles. The van der Waals surface area contributed by atoms with Crippen LogP contribution in [-0.4, -0.2) is 50.1 Å². The van der Waals surface area contributed by atoms with E-state index in [9.17, 15) is 13.6 Å². The van der Waals surface area contributed by atoms with E-state index in [1.807, 2.05) is 12.1 Å². The molecule has 2 aromatic carbocycles. The lowest BCUT2D eigenvalue weighted by Crippen LogP contribution is -2.48. The van der Waals surface area contributed by atoms with Crippen LogP contribution in [0.25, 0.3) is 0 Å². The fourth-order valence-corrected chi connectivity index (χ4v) is 3.91. The Bertz CT molecular complexity index is 802. The van der Waals surface area contributed by atoms with Crippen molar-refractivity contribution in [3.05, 3.63) is 65.7 Å². The lowest BCUT2D eigenvalue weighted by molar-refractivity contribution is -0.122. The van der Waals surface area contributed by atoms with Crippen LogP contribution in [0, 0.1) is 17.6 Å². The molecule has 1 saturated carbocycles. The van der Waals surface area contributed by atoms with Crippen molar-refractivity contribution in [2.24, 2.45) is 5.92 Å². The van der Waals surface area contributed by atoms with Crippen molar-refractivity contribution in [1.29, 1.82) is 0 Å². The maximum Gasteiger partial charge on any atom is 0.223 e. The summed E-state index contributed by atoms with van der Waals surface area (Å²) in [4.78, 5) is 16.9. The SMILES string of the molecule is O=C(NCCN1CCN(c2ccc(F)cc2)CC1)C1CC1c1ccc(F)cc1. The average molecular weight is 385 g/mol. The van der Waals surface area contributed by atoms with Crippen LogP contribution >= 0.6 is 0 Å². The summed E-state index contributed by atoms with van der Waals surface area (Å²) in [6.07, 6.45) is 0.841. The van der Waals surface area contributed by atoms with Gasteiger partial charge in [0.2, 0.25) is 5.91 Å². The van der Waals surface area contributed by atoms with Crippen molar-refractivity contribution in [2.45, 2.75) is 12.3 Å². The lowest BCUT2D eigenvalue weighted by atomic mass is 10.1. The average Bonchev–Trinajstić information content (AvgIpc) is 3.51. The maximum atomic E-state index is 13.0. The molecule has 4 nitrogen and oxygen atoms in total. The highest BCUT2D eigenvalue weighted by molar-refractivity contribution is 5.82. The highest BCUT2D eigenvalue weighted by atomic mass is 19.1.